The van der Waals surface area contributed by atoms with Gasteiger partial charge in [0.25, 0.3) is 5.91 Å². The first-order valence-electron chi connectivity index (χ1n) is 21.8. The number of hydrogen-bond acceptors (Lipinski definition) is 7. The number of aromatic carboxylic acids is 1. The first-order valence-corrected chi connectivity index (χ1v) is 22.9. The van der Waals surface area contributed by atoms with Crippen LogP contribution in [0.4, 0.5) is 0 Å². The predicted octanol–water partition coefficient (Wildman–Crippen LogP) is 8.02. The molecule has 1 atom stereocenters. The number of fused-ring (bicyclic) bond motifs is 2. The molecule has 4 N–H and O–H groups in total. The van der Waals surface area contributed by atoms with Crippen molar-refractivity contribution in [3.63, 3.8) is 0 Å². The van der Waals surface area contributed by atoms with Crippen LogP contribution in [0.15, 0.2) is 103 Å². The van der Waals surface area contributed by atoms with Crippen LogP contribution in [0.3, 0.4) is 0 Å². The molecule has 1 aliphatic carbocycles. The maximum atomic E-state index is 14.1. The summed E-state index contributed by atoms with van der Waals surface area (Å²) in [5, 5.41) is 22.1. The molecule has 2 saturated heterocycles. The number of methoxy groups -OCH3 is 1. The van der Waals surface area contributed by atoms with Gasteiger partial charge in [-0.2, -0.15) is 0 Å². The molecule has 326 valence electrons. The number of nitrogens with zero attached hydrogens (tertiary/aromatic N) is 1. The molecule has 0 spiro atoms. The Kier molecular flexibility index (Phi) is 15.5. The smallest absolute Gasteiger partial charge is 0.335 e. The zero-order valence-corrected chi connectivity index (χ0v) is 37.5. The van der Waals surface area contributed by atoms with Crippen molar-refractivity contribution in [2.24, 2.45) is 11.8 Å². The van der Waals surface area contributed by atoms with E-state index >= 15 is 0 Å². The molecule has 5 aromatic carbocycles. The number of halogens is 1. The third-order valence-corrected chi connectivity index (χ3v) is 13.3. The Morgan fingerprint density at radius 3 is 2.11 bits per heavy atom. The van der Waals surface area contributed by atoms with E-state index in [0.29, 0.717) is 42.9 Å². The molecule has 2 aliphatic heterocycles. The highest BCUT2D eigenvalue weighted by Crippen LogP contribution is 2.31. The van der Waals surface area contributed by atoms with E-state index in [1.54, 1.807) is 25.3 Å². The van der Waals surface area contributed by atoms with Crippen LogP contribution in [-0.2, 0) is 20.7 Å². The summed E-state index contributed by atoms with van der Waals surface area (Å²) < 4.78 is 11.7. The molecule has 12 heteroatoms. The number of amides is 3. The van der Waals surface area contributed by atoms with Crippen LogP contribution < -0.4 is 20.7 Å². The van der Waals surface area contributed by atoms with Gasteiger partial charge in [0.05, 0.1) is 12.7 Å². The van der Waals surface area contributed by atoms with Gasteiger partial charge < -0.3 is 35.4 Å². The Labute approximate surface area is 377 Å². The molecule has 5 aromatic rings. The van der Waals surface area contributed by atoms with Crippen molar-refractivity contribution in [3.8, 4) is 5.75 Å². The van der Waals surface area contributed by atoms with Crippen LogP contribution in [-0.4, -0.2) is 91.8 Å². The van der Waals surface area contributed by atoms with Gasteiger partial charge in [-0.1, -0.05) is 67.4 Å². The molecule has 3 fully saturated rings. The summed E-state index contributed by atoms with van der Waals surface area (Å²) in [6.07, 6.45) is 7.57. The maximum absolute atomic E-state index is 14.1. The number of piperidine rings is 1. The predicted molar refractivity (Wildman–Crippen MR) is 251 cm³/mol. The van der Waals surface area contributed by atoms with E-state index < -0.39 is 17.6 Å². The van der Waals surface area contributed by atoms with Crippen LogP contribution in [0, 0.1) is 15.4 Å². The van der Waals surface area contributed by atoms with Crippen molar-refractivity contribution >= 4 is 67.8 Å². The van der Waals surface area contributed by atoms with Gasteiger partial charge in [-0.15, -0.1) is 0 Å². The first-order chi connectivity index (χ1) is 30.1. The average molecular weight is 953 g/mol. The molecule has 0 aromatic heterocycles. The van der Waals surface area contributed by atoms with Crippen LogP contribution in [0.2, 0.25) is 0 Å². The summed E-state index contributed by atoms with van der Waals surface area (Å²) in [7, 11) is 1.60. The number of ether oxygens (including phenoxy) is 2. The van der Waals surface area contributed by atoms with Gasteiger partial charge in [-0.05, 0) is 162 Å². The highest BCUT2D eigenvalue weighted by atomic mass is 127. The number of rotatable bonds is 13. The normalized spacial score (nSPS) is 17.4. The lowest BCUT2D eigenvalue weighted by molar-refractivity contribution is -0.132. The molecule has 1 saturated carbocycles. The van der Waals surface area contributed by atoms with E-state index in [-0.39, 0.29) is 17.7 Å². The average Bonchev–Trinajstić information content (AvgIpc) is 3.78. The number of carbonyl (C=O) groups excluding carboxylic acids is 3. The third kappa shape index (κ3) is 11.9. The Balaban J connectivity index is 0.000000324. The lowest BCUT2D eigenvalue weighted by atomic mass is 9.93. The number of carboxylic acids is 1. The van der Waals surface area contributed by atoms with Crippen molar-refractivity contribution in [1.29, 1.82) is 0 Å². The number of benzene rings is 5. The molecule has 3 amide bonds. The fourth-order valence-corrected chi connectivity index (χ4v) is 9.42. The topological polar surface area (TPSA) is 146 Å². The van der Waals surface area contributed by atoms with Gasteiger partial charge in [-0.3, -0.25) is 14.4 Å². The minimum absolute atomic E-state index is 0.171. The number of carboxylic acid groups (broad SMARTS) is 1. The zero-order chi connectivity index (χ0) is 43.5. The molecule has 0 radical (unpaired) electrons. The molecule has 3 aliphatic rings. The van der Waals surface area contributed by atoms with Gasteiger partial charge in [0.1, 0.15) is 17.3 Å². The quantitative estimate of drug-likeness (QED) is 0.0869. The van der Waals surface area contributed by atoms with Crippen molar-refractivity contribution in [3.05, 3.63) is 123 Å². The van der Waals surface area contributed by atoms with Gasteiger partial charge in [0.2, 0.25) is 11.8 Å². The van der Waals surface area contributed by atoms with Gasteiger partial charge >= 0.3 is 5.97 Å². The van der Waals surface area contributed by atoms with E-state index in [1.807, 2.05) is 78.9 Å². The van der Waals surface area contributed by atoms with Crippen LogP contribution >= 0.6 is 22.6 Å². The molecule has 0 bridgehead atoms. The van der Waals surface area contributed by atoms with Crippen molar-refractivity contribution < 1.29 is 33.8 Å². The lowest BCUT2D eigenvalue weighted by Gasteiger charge is -2.35. The highest BCUT2D eigenvalue weighted by molar-refractivity contribution is 14.1. The second kappa shape index (κ2) is 21.4. The standard InChI is InChI=1S/C38H47IN4O4.C12H10O3/c39-33-11-10-30-23-32(9-8-31(30)24-33)35(44)42-38(16-4-5-17-38)37(46)41-34(22-27-6-2-1-3-7-27)36(45)40-25-28-12-18-43(19-13-28)26-29-14-20-47-21-15-29;1-15-11-5-4-8-6-10(12(13)14)3-2-9(8)7-11/h1-3,6-11,23-24,28-29,34H,4-5,12-22,25-26H2,(H,40,45)(H,41,46)(H,42,44);2-7H,1H3,(H,13,14)/t34-;/m1./s1. The maximum Gasteiger partial charge on any atom is 0.335 e. The van der Waals surface area contributed by atoms with Crippen molar-refractivity contribution in [2.45, 2.75) is 69.4 Å². The summed E-state index contributed by atoms with van der Waals surface area (Å²) in [5.41, 5.74) is 0.748. The fourth-order valence-electron chi connectivity index (χ4n) is 8.91. The number of nitrogens with one attached hydrogen (secondary N) is 3. The van der Waals surface area contributed by atoms with Gasteiger partial charge in [0, 0.05) is 41.9 Å². The SMILES string of the molecule is COc1ccc2cc(C(=O)O)ccc2c1.O=C(NC1(C(=O)N[C@H](Cc2ccccc2)C(=O)NCC2CCN(CC3CCOCC3)CC2)CCCC1)c1ccc2cc(I)ccc2c1. The molecule has 8 rings (SSSR count). The largest absolute Gasteiger partial charge is 0.497 e. The lowest BCUT2D eigenvalue weighted by Crippen LogP contribution is -2.61. The van der Waals surface area contributed by atoms with Crippen LogP contribution in [0.1, 0.15) is 77.6 Å². The summed E-state index contributed by atoms with van der Waals surface area (Å²) in [6, 6.07) is 31.4. The molecule has 11 nitrogen and oxygen atoms in total. The Bertz CT molecular complexity index is 2340. The van der Waals surface area contributed by atoms with E-state index in [9.17, 15) is 19.2 Å². The number of likely N-dealkylation sites (tertiary alicyclic amines) is 1. The van der Waals surface area contributed by atoms with E-state index in [4.69, 9.17) is 14.6 Å². The molecular formula is C50H57IN4O7. The summed E-state index contributed by atoms with van der Waals surface area (Å²) in [6.45, 7) is 5.62. The number of hydrogen-bond donors (Lipinski definition) is 4. The monoisotopic (exact) mass is 952 g/mol. The van der Waals surface area contributed by atoms with Crippen molar-refractivity contribution in [1.82, 2.24) is 20.9 Å². The summed E-state index contributed by atoms with van der Waals surface area (Å²) in [5.74, 6) is 0.287. The molecular weight excluding hydrogens is 895 g/mol. The van der Waals surface area contributed by atoms with E-state index in [0.717, 1.165) is 114 Å². The fraction of sp³-hybridized carbons (Fsp3) is 0.400. The Morgan fingerprint density at radius 2 is 1.42 bits per heavy atom. The molecule has 0 unspecified atom stereocenters. The minimum atomic E-state index is -1.05. The van der Waals surface area contributed by atoms with Gasteiger partial charge in [0.15, 0.2) is 0 Å². The molecule has 2 heterocycles. The summed E-state index contributed by atoms with van der Waals surface area (Å²) in [4.78, 5) is 54.7. The Morgan fingerprint density at radius 1 is 0.790 bits per heavy atom. The van der Waals surface area contributed by atoms with Crippen LogP contribution in [0.25, 0.3) is 21.5 Å². The second-order valence-corrected chi connectivity index (χ2v) is 18.2. The van der Waals surface area contributed by atoms with E-state index in [1.165, 1.54) is 0 Å². The van der Waals surface area contributed by atoms with Gasteiger partial charge in [-0.25, -0.2) is 4.79 Å². The zero-order valence-electron chi connectivity index (χ0n) is 35.4. The summed E-state index contributed by atoms with van der Waals surface area (Å²) >= 11 is 2.28. The minimum Gasteiger partial charge on any atom is -0.497 e. The number of carbonyl (C=O) groups is 4. The third-order valence-electron chi connectivity index (χ3n) is 12.6. The molecule has 62 heavy (non-hydrogen) atoms. The first kappa shape index (κ1) is 45.0. The second-order valence-electron chi connectivity index (χ2n) is 16.9. The Hall–Kier alpha value is -5.05. The van der Waals surface area contributed by atoms with Crippen LogP contribution in [0.5, 0.6) is 5.75 Å². The van der Waals surface area contributed by atoms with Crippen molar-refractivity contribution in [2.75, 3.05) is 46.5 Å². The highest BCUT2D eigenvalue weighted by Gasteiger charge is 2.44. The van der Waals surface area contributed by atoms with E-state index in [2.05, 4.69) is 49.5 Å².